The molecule has 0 saturated heterocycles. The van der Waals surface area contributed by atoms with Crippen LogP contribution in [0, 0.1) is 17.0 Å². The first-order valence-corrected chi connectivity index (χ1v) is 6.23. The van der Waals surface area contributed by atoms with E-state index in [9.17, 15) is 10.1 Å². The van der Waals surface area contributed by atoms with Gasteiger partial charge in [-0.15, -0.1) is 0 Å². The molecule has 1 unspecified atom stereocenters. The molecule has 0 fully saturated rings. The fraction of sp³-hybridized carbons (Fsp3) is 0.385. The molecule has 0 radical (unpaired) electrons. The number of nitrogens with two attached hydrogens (primary N) is 1. The van der Waals surface area contributed by atoms with Crippen LogP contribution in [0.25, 0.3) is 11.4 Å². The standard InChI is InChI=1S/C13H16N4O3/c1-4-13(3,14)12-15-11(16-20-12)10-7-9(17(18)19)6-5-8(10)2/h5-7H,4,14H2,1-3H3. The Labute approximate surface area is 115 Å². The van der Waals surface area contributed by atoms with E-state index in [0.29, 0.717) is 23.7 Å². The molecule has 20 heavy (non-hydrogen) atoms. The smallest absolute Gasteiger partial charge is 0.270 e. The van der Waals surface area contributed by atoms with Crippen LogP contribution in [0.3, 0.4) is 0 Å². The number of rotatable bonds is 4. The lowest BCUT2D eigenvalue weighted by Gasteiger charge is -2.16. The van der Waals surface area contributed by atoms with Crippen molar-refractivity contribution < 1.29 is 9.45 Å². The number of aryl methyl sites for hydroxylation is 1. The second kappa shape index (κ2) is 5.01. The largest absolute Gasteiger partial charge is 0.337 e. The van der Waals surface area contributed by atoms with E-state index in [4.69, 9.17) is 10.3 Å². The molecule has 1 aromatic heterocycles. The molecule has 0 amide bonds. The van der Waals surface area contributed by atoms with Crippen molar-refractivity contribution in [2.24, 2.45) is 5.73 Å². The second-order valence-corrected chi connectivity index (χ2v) is 4.95. The normalized spacial score (nSPS) is 14.0. The summed E-state index contributed by atoms with van der Waals surface area (Å²) in [5.74, 6) is 0.632. The zero-order valence-corrected chi connectivity index (χ0v) is 11.6. The molecular weight excluding hydrogens is 260 g/mol. The molecule has 7 nitrogen and oxygen atoms in total. The molecule has 0 spiro atoms. The summed E-state index contributed by atoms with van der Waals surface area (Å²) in [5.41, 5.74) is 6.72. The van der Waals surface area contributed by atoms with Crippen LogP contribution in [-0.2, 0) is 5.54 Å². The number of hydrogen-bond acceptors (Lipinski definition) is 6. The number of aromatic nitrogens is 2. The van der Waals surface area contributed by atoms with Crippen LogP contribution in [0.4, 0.5) is 5.69 Å². The van der Waals surface area contributed by atoms with Crippen LogP contribution in [0.5, 0.6) is 0 Å². The average molecular weight is 276 g/mol. The highest BCUT2D eigenvalue weighted by Gasteiger charge is 2.27. The van der Waals surface area contributed by atoms with E-state index >= 15 is 0 Å². The van der Waals surface area contributed by atoms with Gasteiger partial charge in [-0.3, -0.25) is 10.1 Å². The van der Waals surface area contributed by atoms with Gasteiger partial charge in [-0.2, -0.15) is 4.98 Å². The van der Waals surface area contributed by atoms with Crippen molar-refractivity contribution in [3.8, 4) is 11.4 Å². The number of nitro groups is 1. The molecule has 2 N–H and O–H groups in total. The summed E-state index contributed by atoms with van der Waals surface area (Å²) in [7, 11) is 0. The highest BCUT2D eigenvalue weighted by atomic mass is 16.6. The predicted octanol–water partition coefficient (Wildman–Crippen LogP) is 2.54. The quantitative estimate of drug-likeness (QED) is 0.679. The molecule has 1 heterocycles. The van der Waals surface area contributed by atoms with Crippen LogP contribution < -0.4 is 5.73 Å². The molecule has 1 aromatic carbocycles. The molecule has 0 aliphatic heterocycles. The van der Waals surface area contributed by atoms with Gasteiger partial charge in [0.1, 0.15) is 0 Å². The maximum absolute atomic E-state index is 10.8. The lowest BCUT2D eigenvalue weighted by Crippen LogP contribution is -2.32. The molecule has 2 aromatic rings. The monoisotopic (exact) mass is 276 g/mol. The number of benzene rings is 1. The lowest BCUT2D eigenvalue weighted by atomic mass is 10.0. The average Bonchev–Trinajstić information content (AvgIpc) is 2.89. The topological polar surface area (TPSA) is 108 Å². The molecule has 2 rings (SSSR count). The Hall–Kier alpha value is -2.28. The lowest BCUT2D eigenvalue weighted by molar-refractivity contribution is -0.384. The van der Waals surface area contributed by atoms with E-state index in [0.717, 1.165) is 5.56 Å². The van der Waals surface area contributed by atoms with Crippen LogP contribution in [0.2, 0.25) is 0 Å². The number of non-ortho nitro benzene ring substituents is 1. The van der Waals surface area contributed by atoms with Gasteiger partial charge in [0, 0.05) is 17.7 Å². The van der Waals surface area contributed by atoms with Crippen LogP contribution in [0.1, 0.15) is 31.7 Å². The minimum Gasteiger partial charge on any atom is -0.337 e. The van der Waals surface area contributed by atoms with Crippen molar-refractivity contribution in [1.82, 2.24) is 10.1 Å². The molecule has 0 aliphatic carbocycles. The first-order valence-electron chi connectivity index (χ1n) is 6.23. The van der Waals surface area contributed by atoms with E-state index in [2.05, 4.69) is 10.1 Å². The van der Waals surface area contributed by atoms with E-state index in [-0.39, 0.29) is 5.69 Å². The number of hydrogen-bond donors (Lipinski definition) is 1. The molecule has 0 aliphatic rings. The van der Waals surface area contributed by atoms with Crippen molar-refractivity contribution in [3.05, 3.63) is 39.8 Å². The minimum absolute atomic E-state index is 0.0112. The summed E-state index contributed by atoms with van der Waals surface area (Å²) < 4.78 is 5.17. The molecule has 1 atom stereocenters. The van der Waals surface area contributed by atoms with Crippen molar-refractivity contribution in [2.45, 2.75) is 32.7 Å². The summed E-state index contributed by atoms with van der Waals surface area (Å²) >= 11 is 0. The maximum atomic E-state index is 10.8. The highest BCUT2D eigenvalue weighted by Crippen LogP contribution is 2.27. The fourth-order valence-corrected chi connectivity index (χ4v) is 1.68. The van der Waals surface area contributed by atoms with Gasteiger partial charge in [0.25, 0.3) is 5.69 Å². The van der Waals surface area contributed by atoms with Crippen molar-refractivity contribution >= 4 is 5.69 Å². The Morgan fingerprint density at radius 2 is 2.20 bits per heavy atom. The number of nitrogens with zero attached hydrogens (tertiary/aromatic N) is 3. The Morgan fingerprint density at radius 3 is 2.80 bits per heavy atom. The molecule has 106 valence electrons. The number of nitro benzene ring substituents is 1. The van der Waals surface area contributed by atoms with Gasteiger partial charge < -0.3 is 10.3 Å². The summed E-state index contributed by atoms with van der Waals surface area (Å²) in [6, 6.07) is 4.54. The van der Waals surface area contributed by atoms with E-state index in [1.54, 1.807) is 13.0 Å². The Kier molecular flexibility index (Phi) is 3.54. The summed E-state index contributed by atoms with van der Waals surface area (Å²) in [6.07, 6.45) is 0.641. The highest BCUT2D eigenvalue weighted by molar-refractivity contribution is 5.63. The zero-order chi connectivity index (χ0) is 14.9. The molecule has 0 saturated carbocycles. The van der Waals surface area contributed by atoms with Gasteiger partial charge in [-0.05, 0) is 25.8 Å². The molecule has 0 bridgehead atoms. The predicted molar refractivity (Wildman–Crippen MR) is 73.0 cm³/mol. The summed E-state index contributed by atoms with van der Waals surface area (Å²) in [6.45, 7) is 5.55. The van der Waals surface area contributed by atoms with Crippen molar-refractivity contribution in [3.63, 3.8) is 0 Å². The fourth-order valence-electron chi connectivity index (χ4n) is 1.68. The van der Waals surface area contributed by atoms with Crippen molar-refractivity contribution in [2.75, 3.05) is 0 Å². The summed E-state index contributed by atoms with van der Waals surface area (Å²) in [5, 5.41) is 14.7. The first-order chi connectivity index (χ1) is 9.35. The third kappa shape index (κ3) is 2.53. The summed E-state index contributed by atoms with van der Waals surface area (Å²) in [4.78, 5) is 14.6. The van der Waals surface area contributed by atoms with E-state index in [1.807, 2.05) is 13.8 Å². The van der Waals surface area contributed by atoms with Crippen LogP contribution >= 0.6 is 0 Å². The van der Waals surface area contributed by atoms with Gasteiger partial charge in [-0.1, -0.05) is 18.1 Å². The van der Waals surface area contributed by atoms with Gasteiger partial charge in [0.15, 0.2) is 0 Å². The third-order valence-corrected chi connectivity index (χ3v) is 3.32. The molecule has 7 heteroatoms. The minimum atomic E-state index is -0.708. The van der Waals surface area contributed by atoms with Gasteiger partial charge >= 0.3 is 0 Å². The van der Waals surface area contributed by atoms with Gasteiger partial charge in [0.2, 0.25) is 11.7 Å². The van der Waals surface area contributed by atoms with Crippen molar-refractivity contribution in [1.29, 1.82) is 0 Å². The van der Waals surface area contributed by atoms with Gasteiger partial charge in [-0.25, -0.2) is 0 Å². The Balaban J connectivity index is 2.47. The van der Waals surface area contributed by atoms with Crippen LogP contribution in [-0.4, -0.2) is 15.1 Å². The first kappa shape index (κ1) is 14.1. The van der Waals surface area contributed by atoms with Crippen LogP contribution in [0.15, 0.2) is 22.7 Å². The Bertz CT molecular complexity index is 649. The van der Waals surface area contributed by atoms with Gasteiger partial charge in [0.05, 0.1) is 10.5 Å². The Morgan fingerprint density at radius 1 is 1.50 bits per heavy atom. The molecular formula is C13H16N4O3. The zero-order valence-electron chi connectivity index (χ0n) is 11.6. The van der Waals surface area contributed by atoms with E-state index < -0.39 is 10.5 Å². The SMILES string of the molecule is CCC(C)(N)c1nc(-c2cc([N+](=O)[O-])ccc2C)no1. The maximum Gasteiger partial charge on any atom is 0.270 e. The second-order valence-electron chi connectivity index (χ2n) is 4.95. The third-order valence-electron chi connectivity index (χ3n) is 3.32. The van der Waals surface area contributed by atoms with E-state index in [1.165, 1.54) is 12.1 Å².